The molecule has 0 unspecified atom stereocenters. The van der Waals surface area contributed by atoms with Crippen molar-refractivity contribution >= 4 is 21.6 Å². The first-order chi connectivity index (χ1) is 9.54. The number of nitrogens with one attached hydrogen (secondary N) is 1. The molecule has 2 fully saturated rings. The smallest absolute Gasteiger partial charge is 0.279 e. The fourth-order valence-corrected chi connectivity index (χ4v) is 3.84. The third-order valence-electron chi connectivity index (χ3n) is 3.71. The molecule has 0 radical (unpaired) electrons. The number of hydrogen-bond donors (Lipinski definition) is 2. The van der Waals surface area contributed by atoms with Crippen molar-refractivity contribution in [1.29, 1.82) is 0 Å². The van der Waals surface area contributed by atoms with Gasteiger partial charge in [-0.1, -0.05) is 6.07 Å². The van der Waals surface area contributed by atoms with Gasteiger partial charge < -0.3 is 10.6 Å². The molecule has 0 aromatic heterocycles. The van der Waals surface area contributed by atoms with Crippen molar-refractivity contribution < 1.29 is 8.42 Å². The predicted molar refractivity (Wildman–Crippen MR) is 79.7 cm³/mol. The summed E-state index contributed by atoms with van der Waals surface area (Å²) in [7, 11) is -3.30. The van der Waals surface area contributed by atoms with Crippen LogP contribution in [0.2, 0.25) is 0 Å². The SMILES string of the molecule is Nc1cccc(N2CCN(S(=O)(=O)NC3CC3)CC2)c1. The topological polar surface area (TPSA) is 78.7 Å². The molecule has 1 aliphatic heterocycles. The highest BCUT2D eigenvalue weighted by molar-refractivity contribution is 7.87. The molecule has 0 atom stereocenters. The van der Waals surface area contributed by atoms with E-state index < -0.39 is 10.2 Å². The number of rotatable bonds is 4. The minimum Gasteiger partial charge on any atom is -0.399 e. The van der Waals surface area contributed by atoms with Crippen molar-refractivity contribution in [1.82, 2.24) is 9.03 Å². The van der Waals surface area contributed by atoms with E-state index in [4.69, 9.17) is 5.73 Å². The van der Waals surface area contributed by atoms with E-state index in [2.05, 4.69) is 9.62 Å². The number of nitrogens with two attached hydrogens (primary N) is 1. The third kappa shape index (κ3) is 3.05. The van der Waals surface area contributed by atoms with Crippen LogP contribution >= 0.6 is 0 Å². The lowest BCUT2D eigenvalue weighted by atomic mass is 10.2. The van der Waals surface area contributed by atoms with Gasteiger partial charge in [0.05, 0.1) is 0 Å². The van der Waals surface area contributed by atoms with Crippen molar-refractivity contribution in [2.75, 3.05) is 36.8 Å². The first-order valence-electron chi connectivity index (χ1n) is 6.92. The minimum absolute atomic E-state index is 0.159. The second-order valence-corrected chi connectivity index (χ2v) is 7.08. The molecule has 0 bridgehead atoms. The van der Waals surface area contributed by atoms with Crippen LogP contribution < -0.4 is 15.4 Å². The van der Waals surface area contributed by atoms with E-state index in [1.165, 1.54) is 4.31 Å². The Balaban J connectivity index is 1.61. The fourth-order valence-electron chi connectivity index (χ4n) is 2.39. The Kier molecular flexibility index (Phi) is 3.57. The summed E-state index contributed by atoms with van der Waals surface area (Å²) in [6.45, 7) is 2.40. The second kappa shape index (κ2) is 5.23. The Morgan fingerprint density at radius 1 is 1.15 bits per heavy atom. The van der Waals surface area contributed by atoms with Crippen LogP contribution in [0, 0.1) is 0 Å². The summed E-state index contributed by atoms with van der Waals surface area (Å²) in [6.07, 6.45) is 1.92. The predicted octanol–water partition coefficient (Wildman–Crippen LogP) is 0.388. The van der Waals surface area contributed by atoms with E-state index in [0.717, 1.165) is 24.2 Å². The summed E-state index contributed by atoms with van der Waals surface area (Å²) in [5, 5.41) is 0. The summed E-state index contributed by atoms with van der Waals surface area (Å²) in [5.74, 6) is 0. The molecule has 0 amide bonds. The Bertz CT molecular complexity index is 578. The maximum atomic E-state index is 12.1. The number of hydrogen-bond acceptors (Lipinski definition) is 4. The normalized spacial score (nSPS) is 21.1. The summed E-state index contributed by atoms with van der Waals surface area (Å²) in [5.41, 5.74) is 7.56. The van der Waals surface area contributed by atoms with Gasteiger partial charge in [0.2, 0.25) is 0 Å². The number of anilines is 2. The van der Waals surface area contributed by atoms with E-state index in [-0.39, 0.29) is 6.04 Å². The molecule has 1 saturated carbocycles. The van der Waals surface area contributed by atoms with Crippen LogP contribution in [-0.4, -0.2) is 44.9 Å². The summed E-state index contributed by atoms with van der Waals surface area (Å²) in [4.78, 5) is 2.17. The number of nitrogens with zero attached hydrogens (tertiary/aromatic N) is 2. The quantitative estimate of drug-likeness (QED) is 0.788. The van der Waals surface area contributed by atoms with Crippen LogP contribution in [0.5, 0.6) is 0 Å². The van der Waals surface area contributed by atoms with Gasteiger partial charge in [0, 0.05) is 43.6 Å². The zero-order chi connectivity index (χ0) is 14.2. The van der Waals surface area contributed by atoms with Gasteiger partial charge in [-0.3, -0.25) is 0 Å². The number of piperazine rings is 1. The van der Waals surface area contributed by atoms with E-state index in [0.29, 0.717) is 26.2 Å². The van der Waals surface area contributed by atoms with Crippen molar-refractivity contribution in [2.24, 2.45) is 0 Å². The van der Waals surface area contributed by atoms with Crippen LogP contribution in [0.4, 0.5) is 11.4 Å². The lowest BCUT2D eigenvalue weighted by Crippen LogP contribution is -2.52. The highest BCUT2D eigenvalue weighted by atomic mass is 32.2. The molecule has 1 aliphatic carbocycles. The van der Waals surface area contributed by atoms with Crippen LogP contribution in [0.25, 0.3) is 0 Å². The van der Waals surface area contributed by atoms with Crippen LogP contribution in [-0.2, 0) is 10.2 Å². The molecular weight excluding hydrogens is 276 g/mol. The number of nitrogen functional groups attached to an aromatic ring is 1. The highest BCUT2D eigenvalue weighted by Crippen LogP contribution is 2.22. The molecule has 20 heavy (non-hydrogen) atoms. The molecule has 3 rings (SSSR count). The molecule has 1 saturated heterocycles. The monoisotopic (exact) mass is 296 g/mol. The van der Waals surface area contributed by atoms with Gasteiger partial charge in [-0.05, 0) is 31.0 Å². The Morgan fingerprint density at radius 3 is 2.45 bits per heavy atom. The third-order valence-corrected chi connectivity index (χ3v) is 5.38. The van der Waals surface area contributed by atoms with Crippen LogP contribution in [0.15, 0.2) is 24.3 Å². The van der Waals surface area contributed by atoms with Crippen LogP contribution in [0.1, 0.15) is 12.8 Å². The molecule has 110 valence electrons. The largest absolute Gasteiger partial charge is 0.399 e. The van der Waals surface area contributed by atoms with E-state index in [1.807, 2.05) is 24.3 Å². The second-order valence-electron chi connectivity index (χ2n) is 5.38. The standard InChI is InChI=1S/C13H20N4O2S/c14-11-2-1-3-13(10-11)16-6-8-17(9-7-16)20(18,19)15-12-4-5-12/h1-3,10,12,15H,4-9,14H2. The van der Waals surface area contributed by atoms with Gasteiger partial charge >= 0.3 is 0 Å². The highest BCUT2D eigenvalue weighted by Gasteiger charge is 2.32. The van der Waals surface area contributed by atoms with Crippen molar-refractivity contribution in [2.45, 2.75) is 18.9 Å². The van der Waals surface area contributed by atoms with E-state index in [1.54, 1.807) is 0 Å². The zero-order valence-electron chi connectivity index (χ0n) is 11.3. The molecule has 0 spiro atoms. The van der Waals surface area contributed by atoms with Gasteiger partial charge in [-0.2, -0.15) is 17.4 Å². The van der Waals surface area contributed by atoms with Gasteiger partial charge in [0.1, 0.15) is 0 Å². The maximum Gasteiger partial charge on any atom is 0.279 e. The molecule has 1 heterocycles. The van der Waals surface area contributed by atoms with Gasteiger partial charge in [0.15, 0.2) is 0 Å². The zero-order valence-corrected chi connectivity index (χ0v) is 12.1. The van der Waals surface area contributed by atoms with Crippen molar-refractivity contribution in [3.63, 3.8) is 0 Å². The Labute approximate surface area is 119 Å². The molecule has 2 aliphatic rings. The lowest BCUT2D eigenvalue weighted by molar-refractivity contribution is 0.378. The first kappa shape index (κ1) is 13.7. The van der Waals surface area contributed by atoms with Gasteiger partial charge in [0.25, 0.3) is 10.2 Å². The molecule has 6 nitrogen and oxygen atoms in total. The summed E-state index contributed by atoms with van der Waals surface area (Å²) < 4.78 is 28.5. The van der Waals surface area contributed by atoms with Crippen LogP contribution in [0.3, 0.4) is 0 Å². The first-order valence-corrected chi connectivity index (χ1v) is 8.36. The lowest BCUT2D eigenvalue weighted by Gasteiger charge is -2.35. The van der Waals surface area contributed by atoms with Gasteiger partial charge in [-0.15, -0.1) is 0 Å². The van der Waals surface area contributed by atoms with Crippen molar-refractivity contribution in [3.05, 3.63) is 24.3 Å². The summed E-state index contributed by atoms with van der Waals surface area (Å²) >= 11 is 0. The minimum atomic E-state index is -3.30. The van der Waals surface area contributed by atoms with E-state index in [9.17, 15) is 8.42 Å². The average molecular weight is 296 g/mol. The van der Waals surface area contributed by atoms with Gasteiger partial charge in [-0.25, -0.2) is 0 Å². The summed E-state index contributed by atoms with van der Waals surface area (Å²) in [6, 6.07) is 7.86. The maximum absolute atomic E-state index is 12.1. The van der Waals surface area contributed by atoms with Crippen molar-refractivity contribution in [3.8, 4) is 0 Å². The molecule has 1 aromatic carbocycles. The molecule has 1 aromatic rings. The molecular formula is C13H20N4O2S. The Morgan fingerprint density at radius 2 is 1.85 bits per heavy atom. The average Bonchev–Trinajstić information content (AvgIpc) is 3.22. The Hall–Kier alpha value is -1.31. The number of benzene rings is 1. The molecule has 3 N–H and O–H groups in total. The fraction of sp³-hybridized carbons (Fsp3) is 0.538. The van der Waals surface area contributed by atoms with E-state index >= 15 is 0 Å². The molecule has 7 heteroatoms.